The van der Waals surface area contributed by atoms with Crippen LogP contribution < -0.4 is 14.8 Å². The van der Waals surface area contributed by atoms with Gasteiger partial charge in [-0.15, -0.1) is 0 Å². The molecule has 1 aliphatic carbocycles. The molecule has 0 radical (unpaired) electrons. The first-order chi connectivity index (χ1) is 18.5. The molecular formula is C29H38N4O5. The number of carbonyl (C=O) groups excluding carboxylic acids is 1. The minimum atomic E-state index is -0.192. The lowest BCUT2D eigenvalue weighted by Crippen LogP contribution is -2.24. The molecule has 2 aromatic heterocycles. The Bertz CT molecular complexity index is 1220. The Balaban J connectivity index is 1.44. The molecule has 1 N–H and O–H groups in total. The quantitative estimate of drug-likeness (QED) is 0.238. The average molecular weight is 523 g/mol. The van der Waals surface area contributed by atoms with E-state index in [1.165, 1.54) is 12.8 Å². The SMILES string of the molecule is CCOC(=O)CCNCCOc1c(C)cc(-c2noc(-c3cc(OC)nc(C4CCCC4)c3)n2)cc1CC. The number of hydrogen-bond donors (Lipinski definition) is 1. The van der Waals surface area contributed by atoms with Gasteiger partial charge in [-0.05, 0) is 62.4 Å². The van der Waals surface area contributed by atoms with Gasteiger partial charge in [0.1, 0.15) is 12.4 Å². The van der Waals surface area contributed by atoms with E-state index in [9.17, 15) is 4.79 Å². The number of carbonyl (C=O) groups is 1. The second kappa shape index (κ2) is 13.4. The van der Waals surface area contributed by atoms with E-state index in [2.05, 4.69) is 34.5 Å². The summed E-state index contributed by atoms with van der Waals surface area (Å²) in [6.45, 7) is 8.02. The highest BCUT2D eigenvalue weighted by atomic mass is 16.5. The Kier molecular flexibility index (Phi) is 9.70. The zero-order valence-corrected chi connectivity index (χ0v) is 22.8. The predicted octanol–water partition coefficient (Wildman–Crippen LogP) is 5.26. The van der Waals surface area contributed by atoms with Crippen LogP contribution in [0.25, 0.3) is 22.8 Å². The highest BCUT2D eigenvalue weighted by Crippen LogP contribution is 2.36. The van der Waals surface area contributed by atoms with Gasteiger partial charge in [0.2, 0.25) is 11.7 Å². The first kappa shape index (κ1) is 27.6. The summed E-state index contributed by atoms with van der Waals surface area (Å²) in [5.74, 6) is 2.66. The zero-order valence-electron chi connectivity index (χ0n) is 22.8. The number of pyridine rings is 1. The maximum atomic E-state index is 11.4. The summed E-state index contributed by atoms with van der Waals surface area (Å²) in [6, 6.07) is 7.98. The standard InChI is InChI=1S/C29H38N4O5/c1-5-20-16-22(15-19(3)27(20)37-14-13-30-12-11-26(34)36-6-2)28-32-29(38-33-28)23-17-24(21-9-7-8-10-21)31-25(18-23)35-4/h15-18,21,30H,5-14H2,1-4H3. The molecule has 0 unspecified atom stereocenters. The second-order valence-corrected chi connectivity index (χ2v) is 9.52. The molecular weight excluding hydrogens is 484 g/mol. The summed E-state index contributed by atoms with van der Waals surface area (Å²) in [6.07, 6.45) is 5.90. The van der Waals surface area contributed by atoms with Crippen molar-refractivity contribution in [2.24, 2.45) is 0 Å². The first-order valence-corrected chi connectivity index (χ1v) is 13.5. The molecule has 0 spiro atoms. The molecule has 0 atom stereocenters. The lowest BCUT2D eigenvalue weighted by molar-refractivity contribution is -0.142. The van der Waals surface area contributed by atoms with Crippen molar-refractivity contribution < 1.29 is 23.5 Å². The number of hydrogen-bond acceptors (Lipinski definition) is 9. The highest BCUT2D eigenvalue weighted by Gasteiger charge is 2.22. The fourth-order valence-electron chi connectivity index (χ4n) is 4.86. The molecule has 9 heteroatoms. The summed E-state index contributed by atoms with van der Waals surface area (Å²) >= 11 is 0. The van der Waals surface area contributed by atoms with Crippen LogP contribution in [0.3, 0.4) is 0 Å². The van der Waals surface area contributed by atoms with Gasteiger partial charge in [-0.1, -0.05) is 24.9 Å². The van der Waals surface area contributed by atoms with Crippen LogP contribution in [0.1, 0.15) is 68.7 Å². The van der Waals surface area contributed by atoms with E-state index in [1.54, 1.807) is 14.0 Å². The van der Waals surface area contributed by atoms with Crippen LogP contribution in [0.5, 0.6) is 11.6 Å². The number of methoxy groups -OCH3 is 1. The number of aryl methyl sites for hydroxylation is 2. The van der Waals surface area contributed by atoms with E-state index < -0.39 is 0 Å². The van der Waals surface area contributed by atoms with E-state index in [-0.39, 0.29) is 5.97 Å². The normalized spacial score (nSPS) is 13.6. The van der Waals surface area contributed by atoms with Gasteiger partial charge in [0.05, 0.1) is 20.1 Å². The lowest BCUT2D eigenvalue weighted by atomic mass is 10.0. The van der Waals surface area contributed by atoms with E-state index in [0.29, 0.717) is 56.2 Å². The van der Waals surface area contributed by atoms with Crippen molar-refractivity contribution in [2.45, 2.75) is 65.2 Å². The number of nitrogens with one attached hydrogen (secondary N) is 1. The largest absolute Gasteiger partial charge is 0.492 e. The van der Waals surface area contributed by atoms with Crippen LogP contribution in [0.15, 0.2) is 28.8 Å². The molecule has 204 valence electrons. The predicted molar refractivity (Wildman–Crippen MR) is 144 cm³/mol. The number of rotatable bonds is 13. The van der Waals surface area contributed by atoms with Gasteiger partial charge in [0, 0.05) is 41.9 Å². The van der Waals surface area contributed by atoms with Crippen molar-refractivity contribution >= 4 is 5.97 Å². The summed E-state index contributed by atoms with van der Waals surface area (Å²) in [5, 5.41) is 7.49. The monoisotopic (exact) mass is 522 g/mol. The molecule has 1 aromatic carbocycles. The van der Waals surface area contributed by atoms with Crippen molar-refractivity contribution in [3.05, 3.63) is 41.1 Å². The third-order valence-corrected chi connectivity index (χ3v) is 6.80. The number of aromatic nitrogens is 3. The van der Waals surface area contributed by atoms with Crippen molar-refractivity contribution in [3.8, 4) is 34.5 Å². The van der Waals surface area contributed by atoms with E-state index >= 15 is 0 Å². The minimum absolute atomic E-state index is 0.192. The molecule has 2 heterocycles. The third-order valence-electron chi connectivity index (χ3n) is 6.80. The maximum Gasteiger partial charge on any atom is 0.307 e. The second-order valence-electron chi connectivity index (χ2n) is 9.52. The Hall–Kier alpha value is -3.46. The number of nitrogens with zero attached hydrogens (tertiary/aromatic N) is 3. The van der Waals surface area contributed by atoms with Crippen LogP contribution in [0.4, 0.5) is 0 Å². The first-order valence-electron chi connectivity index (χ1n) is 13.5. The molecule has 38 heavy (non-hydrogen) atoms. The van der Waals surface area contributed by atoms with E-state index in [1.807, 2.05) is 19.1 Å². The maximum absolute atomic E-state index is 11.4. The summed E-state index contributed by atoms with van der Waals surface area (Å²) in [4.78, 5) is 20.8. The topological polar surface area (TPSA) is 109 Å². The molecule has 0 aliphatic heterocycles. The van der Waals surface area contributed by atoms with Crippen LogP contribution >= 0.6 is 0 Å². The van der Waals surface area contributed by atoms with Gasteiger partial charge >= 0.3 is 5.97 Å². The van der Waals surface area contributed by atoms with Gasteiger partial charge in [-0.25, -0.2) is 4.98 Å². The molecule has 0 saturated heterocycles. The Morgan fingerprint density at radius 3 is 2.63 bits per heavy atom. The molecule has 4 rings (SSSR count). The fraction of sp³-hybridized carbons (Fsp3) is 0.517. The lowest BCUT2D eigenvalue weighted by Gasteiger charge is -2.15. The molecule has 3 aromatic rings. The van der Waals surface area contributed by atoms with Crippen molar-refractivity contribution in [3.63, 3.8) is 0 Å². The van der Waals surface area contributed by atoms with Crippen molar-refractivity contribution in [2.75, 3.05) is 33.4 Å². The van der Waals surface area contributed by atoms with Crippen LogP contribution in [0.2, 0.25) is 0 Å². The number of benzene rings is 1. The van der Waals surface area contributed by atoms with Crippen molar-refractivity contribution in [1.82, 2.24) is 20.4 Å². The molecule has 9 nitrogen and oxygen atoms in total. The van der Waals surface area contributed by atoms with Crippen LogP contribution in [-0.2, 0) is 16.0 Å². The Morgan fingerprint density at radius 2 is 1.89 bits per heavy atom. The third kappa shape index (κ3) is 6.89. The van der Waals surface area contributed by atoms with Crippen LogP contribution in [0, 0.1) is 6.92 Å². The number of esters is 1. The Morgan fingerprint density at radius 1 is 1.08 bits per heavy atom. The van der Waals surface area contributed by atoms with Gasteiger partial charge in [-0.3, -0.25) is 4.79 Å². The summed E-state index contributed by atoms with van der Waals surface area (Å²) in [7, 11) is 1.63. The highest BCUT2D eigenvalue weighted by molar-refractivity contribution is 5.69. The minimum Gasteiger partial charge on any atom is -0.492 e. The van der Waals surface area contributed by atoms with Gasteiger partial charge in [0.15, 0.2) is 0 Å². The fourth-order valence-corrected chi connectivity index (χ4v) is 4.86. The summed E-state index contributed by atoms with van der Waals surface area (Å²) < 4.78 is 22.2. The molecule has 1 fully saturated rings. The molecule has 0 amide bonds. The molecule has 1 aliphatic rings. The zero-order chi connectivity index (χ0) is 26.9. The Labute approximate surface area is 224 Å². The summed E-state index contributed by atoms with van der Waals surface area (Å²) in [5.41, 5.74) is 4.81. The average Bonchev–Trinajstić information content (AvgIpc) is 3.64. The van der Waals surface area contributed by atoms with Gasteiger partial charge in [0.25, 0.3) is 5.89 Å². The van der Waals surface area contributed by atoms with Gasteiger partial charge in [-0.2, -0.15) is 4.98 Å². The number of ether oxygens (including phenoxy) is 3. The van der Waals surface area contributed by atoms with Crippen molar-refractivity contribution in [1.29, 1.82) is 0 Å². The van der Waals surface area contributed by atoms with Gasteiger partial charge < -0.3 is 24.1 Å². The van der Waals surface area contributed by atoms with E-state index in [4.69, 9.17) is 23.7 Å². The van der Waals surface area contributed by atoms with Crippen LogP contribution in [-0.4, -0.2) is 54.5 Å². The smallest absolute Gasteiger partial charge is 0.307 e. The molecule has 1 saturated carbocycles. The molecule has 0 bridgehead atoms. The van der Waals surface area contributed by atoms with E-state index in [0.717, 1.165) is 53.0 Å².